The summed E-state index contributed by atoms with van der Waals surface area (Å²) in [5.74, 6) is 0.611. The van der Waals surface area contributed by atoms with Crippen molar-refractivity contribution >= 4 is 17.5 Å². The van der Waals surface area contributed by atoms with Gasteiger partial charge in [-0.05, 0) is 11.6 Å². The molecule has 0 bridgehead atoms. The van der Waals surface area contributed by atoms with Gasteiger partial charge in [0, 0.05) is 20.8 Å². The normalized spacial score (nSPS) is 12.3. The first-order valence-electron chi connectivity index (χ1n) is 5.75. The van der Waals surface area contributed by atoms with E-state index in [0.29, 0.717) is 19.1 Å². The summed E-state index contributed by atoms with van der Waals surface area (Å²) in [7, 11) is 3.21. The highest BCUT2D eigenvalue weighted by molar-refractivity contribution is 6.28. The summed E-state index contributed by atoms with van der Waals surface area (Å²) in [5, 5.41) is 7.01. The fraction of sp³-hybridized carbons (Fsp3) is 0.500. The number of hydrogen-bond donors (Lipinski definition) is 1. The minimum atomic E-state index is -0.120. The third-order valence-electron chi connectivity index (χ3n) is 2.39. The van der Waals surface area contributed by atoms with Crippen LogP contribution in [0.1, 0.15) is 0 Å². The Hall–Kier alpha value is -1.84. The van der Waals surface area contributed by atoms with Gasteiger partial charge in [0.15, 0.2) is 0 Å². The van der Waals surface area contributed by atoms with E-state index in [-0.39, 0.29) is 17.3 Å². The second-order valence-electron chi connectivity index (χ2n) is 3.76. The van der Waals surface area contributed by atoms with Crippen molar-refractivity contribution in [3.8, 4) is 5.95 Å². The first-order chi connectivity index (χ1) is 9.72. The lowest BCUT2D eigenvalue weighted by molar-refractivity contribution is 0.0365. The minimum absolute atomic E-state index is 0.0636. The van der Waals surface area contributed by atoms with Gasteiger partial charge >= 0.3 is 0 Å². The lowest BCUT2D eigenvalue weighted by Crippen LogP contribution is -2.27. The largest absolute Gasteiger partial charge is 0.382 e. The number of ether oxygens (including phenoxy) is 2. The molecule has 0 saturated heterocycles. The predicted octanol–water partition coefficient (Wildman–Crippen LogP) is 0.179. The zero-order valence-corrected chi connectivity index (χ0v) is 11.8. The molecule has 2 heterocycles. The van der Waals surface area contributed by atoms with Crippen molar-refractivity contribution in [3.05, 3.63) is 17.9 Å². The van der Waals surface area contributed by atoms with Crippen LogP contribution >= 0.6 is 11.6 Å². The van der Waals surface area contributed by atoms with Crippen LogP contribution in [0.25, 0.3) is 5.95 Å². The smallest absolute Gasteiger partial charge is 0.258 e. The van der Waals surface area contributed by atoms with Crippen LogP contribution in [0.15, 0.2) is 12.7 Å². The van der Waals surface area contributed by atoms with E-state index in [2.05, 4.69) is 30.4 Å². The fourth-order valence-electron chi connectivity index (χ4n) is 1.43. The van der Waals surface area contributed by atoms with Gasteiger partial charge in [-0.3, -0.25) is 0 Å². The maximum atomic E-state index is 5.86. The van der Waals surface area contributed by atoms with Gasteiger partial charge in [-0.15, -0.1) is 0 Å². The Morgan fingerprint density at radius 1 is 1.35 bits per heavy atom. The predicted molar refractivity (Wildman–Crippen MR) is 70.9 cm³/mol. The van der Waals surface area contributed by atoms with Crippen molar-refractivity contribution in [2.75, 3.05) is 32.7 Å². The van der Waals surface area contributed by atoms with E-state index in [1.54, 1.807) is 14.2 Å². The molecule has 0 radical (unpaired) electrons. The Kier molecular flexibility index (Phi) is 5.16. The molecule has 10 heteroatoms. The molecule has 0 aromatic carbocycles. The SMILES string of the molecule is COCC(CNc1nc(Cl)nc(-n2cncn2)n1)OC. The second kappa shape index (κ2) is 7.08. The van der Waals surface area contributed by atoms with Crippen LogP contribution in [0.5, 0.6) is 0 Å². The lowest BCUT2D eigenvalue weighted by atomic mass is 10.4. The average Bonchev–Trinajstić information content (AvgIpc) is 2.97. The van der Waals surface area contributed by atoms with Crippen LogP contribution in [0.2, 0.25) is 5.28 Å². The van der Waals surface area contributed by atoms with Crippen molar-refractivity contribution in [2.24, 2.45) is 0 Å². The summed E-state index contributed by atoms with van der Waals surface area (Å²) in [4.78, 5) is 16.0. The highest BCUT2D eigenvalue weighted by Gasteiger charge is 2.10. The van der Waals surface area contributed by atoms with Gasteiger partial charge in [0.2, 0.25) is 11.2 Å². The molecule has 2 rings (SSSR count). The quantitative estimate of drug-likeness (QED) is 0.773. The Bertz CT molecular complexity index is 536. The Morgan fingerprint density at radius 2 is 2.20 bits per heavy atom. The van der Waals surface area contributed by atoms with Crippen molar-refractivity contribution in [1.29, 1.82) is 0 Å². The van der Waals surface area contributed by atoms with Crippen LogP contribution in [0, 0.1) is 0 Å². The van der Waals surface area contributed by atoms with E-state index in [9.17, 15) is 0 Å². The maximum absolute atomic E-state index is 5.86. The van der Waals surface area contributed by atoms with Crippen LogP contribution in [0.3, 0.4) is 0 Å². The number of nitrogens with one attached hydrogen (secondary N) is 1. The molecule has 0 saturated carbocycles. The van der Waals surface area contributed by atoms with Crippen molar-refractivity contribution in [3.63, 3.8) is 0 Å². The summed E-state index contributed by atoms with van der Waals surface area (Å²) in [6.45, 7) is 0.930. The topological polar surface area (TPSA) is 99.9 Å². The monoisotopic (exact) mass is 299 g/mol. The summed E-state index contributed by atoms with van der Waals surface area (Å²) >= 11 is 5.86. The first-order valence-corrected chi connectivity index (χ1v) is 6.13. The molecular weight excluding hydrogens is 286 g/mol. The number of halogens is 1. The Balaban J connectivity index is 2.08. The molecule has 0 aliphatic heterocycles. The zero-order valence-electron chi connectivity index (χ0n) is 11.0. The van der Waals surface area contributed by atoms with E-state index in [4.69, 9.17) is 21.1 Å². The molecule has 2 aromatic heterocycles. The Morgan fingerprint density at radius 3 is 2.85 bits per heavy atom. The highest BCUT2D eigenvalue weighted by atomic mass is 35.5. The number of methoxy groups -OCH3 is 2. The van der Waals surface area contributed by atoms with E-state index in [1.807, 2.05) is 0 Å². The average molecular weight is 300 g/mol. The molecule has 20 heavy (non-hydrogen) atoms. The number of rotatable bonds is 7. The summed E-state index contributed by atoms with van der Waals surface area (Å²) < 4.78 is 11.6. The van der Waals surface area contributed by atoms with E-state index < -0.39 is 0 Å². The first kappa shape index (κ1) is 14.6. The highest BCUT2D eigenvalue weighted by Crippen LogP contribution is 2.08. The number of nitrogens with zero attached hydrogens (tertiary/aromatic N) is 6. The molecule has 1 unspecified atom stereocenters. The van der Waals surface area contributed by atoms with Crippen LogP contribution in [-0.4, -0.2) is 63.2 Å². The maximum Gasteiger partial charge on any atom is 0.258 e. The van der Waals surface area contributed by atoms with Gasteiger partial charge in [-0.1, -0.05) is 0 Å². The summed E-state index contributed by atoms with van der Waals surface area (Å²) in [6, 6.07) is 0. The Labute approximate surface area is 120 Å². The summed E-state index contributed by atoms with van der Waals surface area (Å²) in [6.07, 6.45) is 2.73. The number of hydrogen-bond acceptors (Lipinski definition) is 8. The molecule has 0 spiro atoms. The van der Waals surface area contributed by atoms with Crippen molar-refractivity contribution in [2.45, 2.75) is 6.10 Å². The zero-order chi connectivity index (χ0) is 14.4. The molecular formula is C10H14ClN7O2. The molecule has 9 nitrogen and oxygen atoms in total. The van der Waals surface area contributed by atoms with Gasteiger partial charge in [0.25, 0.3) is 5.95 Å². The lowest BCUT2D eigenvalue weighted by Gasteiger charge is -2.15. The van der Waals surface area contributed by atoms with Gasteiger partial charge in [-0.25, -0.2) is 4.98 Å². The fourth-order valence-corrected chi connectivity index (χ4v) is 1.59. The minimum Gasteiger partial charge on any atom is -0.382 e. The van der Waals surface area contributed by atoms with E-state index in [1.165, 1.54) is 17.3 Å². The summed E-state index contributed by atoms with van der Waals surface area (Å²) in [5.41, 5.74) is 0. The molecule has 0 fully saturated rings. The van der Waals surface area contributed by atoms with Gasteiger partial charge in [-0.2, -0.15) is 24.7 Å². The standard InChI is InChI=1S/C10H14ClN7O2/c1-19-4-7(20-2)3-13-9-15-8(11)16-10(17-9)18-6-12-5-14-18/h5-7H,3-4H2,1-2H3,(H,13,15,16,17). The van der Waals surface area contributed by atoms with Crippen molar-refractivity contribution < 1.29 is 9.47 Å². The van der Waals surface area contributed by atoms with Crippen LogP contribution in [0.4, 0.5) is 5.95 Å². The second-order valence-corrected chi connectivity index (χ2v) is 4.10. The van der Waals surface area contributed by atoms with Crippen molar-refractivity contribution in [1.82, 2.24) is 29.7 Å². The van der Waals surface area contributed by atoms with Crippen LogP contribution < -0.4 is 5.32 Å². The molecule has 108 valence electrons. The number of anilines is 1. The molecule has 1 atom stereocenters. The number of aromatic nitrogens is 6. The molecule has 0 aliphatic rings. The van der Waals surface area contributed by atoms with E-state index in [0.717, 1.165) is 0 Å². The van der Waals surface area contributed by atoms with Gasteiger partial charge in [0.1, 0.15) is 12.7 Å². The molecule has 2 aromatic rings. The molecule has 1 N–H and O–H groups in total. The van der Waals surface area contributed by atoms with Crippen LogP contribution in [-0.2, 0) is 9.47 Å². The molecule has 0 amide bonds. The van der Waals surface area contributed by atoms with Gasteiger partial charge in [0.05, 0.1) is 12.7 Å². The third kappa shape index (κ3) is 3.83. The van der Waals surface area contributed by atoms with E-state index >= 15 is 0 Å². The third-order valence-corrected chi connectivity index (χ3v) is 2.56. The molecule has 0 aliphatic carbocycles. The van der Waals surface area contributed by atoms with Gasteiger partial charge < -0.3 is 14.8 Å².